The first-order valence-electron chi connectivity index (χ1n) is 5.19. The molecule has 0 aromatic carbocycles. The number of pyridine rings is 1. The quantitative estimate of drug-likeness (QED) is 0.840. The summed E-state index contributed by atoms with van der Waals surface area (Å²) in [5.74, 6) is -0.881. The Morgan fingerprint density at radius 3 is 2.88 bits per heavy atom. The molecule has 3 heterocycles. The maximum Gasteiger partial charge on any atom is 0.342 e. The molecule has 0 saturated heterocycles. The van der Waals surface area contributed by atoms with Crippen LogP contribution in [-0.4, -0.2) is 20.5 Å². The Labute approximate surface area is 102 Å². The molecular weight excluding hydrogens is 236 g/mol. The van der Waals surface area contributed by atoms with Crippen molar-refractivity contribution in [2.45, 2.75) is 18.9 Å². The number of nitrogens with zero attached hydrogens (tertiary/aromatic N) is 2. The standard InChI is InChI=1S/C12H10N2O2S/c1-6-3-4-9-14-8(5-13-11(6)14)7(2)10(17-9)12(15)16/h3-5H,1-2H3,(H,15,16). The summed E-state index contributed by atoms with van der Waals surface area (Å²) in [5.41, 5.74) is 3.63. The molecule has 3 rings (SSSR count). The lowest BCUT2D eigenvalue weighted by Gasteiger charge is -2.17. The first-order chi connectivity index (χ1) is 8.09. The second-order valence-electron chi connectivity index (χ2n) is 4.02. The van der Waals surface area contributed by atoms with Crippen LogP contribution in [0.15, 0.2) is 28.3 Å². The van der Waals surface area contributed by atoms with Crippen molar-refractivity contribution in [2.75, 3.05) is 0 Å². The molecule has 1 aliphatic heterocycles. The molecular formula is C12H10N2O2S. The van der Waals surface area contributed by atoms with E-state index < -0.39 is 5.97 Å². The zero-order valence-electron chi connectivity index (χ0n) is 9.39. The van der Waals surface area contributed by atoms with Gasteiger partial charge in [0.25, 0.3) is 0 Å². The van der Waals surface area contributed by atoms with Crippen molar-refractivity contribution < 1.29 is 9.90 Å². The minimum absolute atomic E-state index is 0.378. The lowest BCUT2D eigenvalue weighted by Crippen LogP contribution is -2.08. The average molecular weight is 246 g/mol. The van der Waals surface area contributed by atoms with Gasteiger partial charge in [0.05, 0.1) is 16.9 Å². The minimum Gasteiger partial charge on any atom is -0.477 e. The third-order valence-electron chi connectivity index (χ3n) is 2.94. The predicted octanol–water partition coefficient (Wildman–Crippen LogP) is 2.56. The highest BCUT2D eigenvalue weighted by molar-refractivity contribution is 8.04. The molecule has 0 aliphatic carbocycles. The highest BCUT2D eigenvalue weighted by Gasteiger charge is 2.24. The van der Waals surface area contributed by atoms with Crippen molar-refractivity contribution in [3.05, 3.63) is 34.5 Å². The summed E-state index contributed by atoms with van der Waals surface area (Å²) in [6, 6.07) is 3.90. The van der Waals surface area contributed by atoms with Gasteiger partial charge in [-0.25, -0.2) is 9.78 Å². The fraction of sp³-hybridized carbons (Fsp3) is 0.167. The Bertz CT molecular complexity index is 685. The zero-order chi connectivity index (χ0) is 12.2. The Morgan fingerprint density at radius 2 is 2.18 bits per heavy atom. The molecule has 2 aromatic heterocycles. The van der Waals surface area contributed by atoms with E-state index >= 15 is 0 Å². The largest absolute Gasteiger partial charge is 0.477 e. The van der Waals surface area contributed by atoms with Crippen molar-refractivity contribution in [3.63, 3.8) is 0 Å². The summed E-state index contributed by atoms with van der Waals surface area (Å²) in [6.45, 7) is 3.82. The highest BCUT2D eigenvalue weighted by Crippen LogP contribution is 2.39. The van der Waals surface area contributed by atoms with Gasteiger partial charge in [-0.2, -0.15) is 0 Å². The van der Waals surface area contributed by atoms with E-state index in [2.05, 4.69) is 4.98 Å². The summed E-state index contributed by atoms with van der Waals surface area (Å²) in [7, 11) is 0. The van der Waals surface area contributed by atoms with E-state index in [0.717, 1.165) is 27.5 Å². The number of imidazole rings is 1. The number of carboxylic acid groups (broad SMARTS) is 1. The molecule has 5 heteroatoms. The topological polar surface area (TPSA) is 54.6 Å². The van der Waals surface area contributed by atoms with Gasteiger partial charge in [0.1, 0.15) is 10.6 Å². The molecule has 0 spiro atoms. The monoisotopic (exact) mass is 246 g/mol. The van der Waals surface area contributed by atoms with Crippen molar-refractivity contribution in [3.8, 4) is 0 Å². The Kier molecular flexibility index (Phi) is 2.06. The van der Waals surface area contributed by atoms with Gasteiger partial charge in [-0.3, -0.25) is 4.40 Å². The second kappa shape index (κ2) is 3.37. The lowest BCUT2D eigenvalue weighted by atomic mass is 10.2. The molecule has 1 N–H and O–H groups in total. The molecule has 1 aliphatic rings. The van der Waals surface area contributed by atoms with Crippen molar-refractivity contribution in [1.29, 1.82) is 0 Å². The summed E-state index contributed by atoms with van der Waals surface area (Å²) >= 11 is 1.28. The molecule has 0 radical (unpaired) electrons. The first-order valence-corrected chi connectivity index (χ1v) is 6.00. The Morgan fingerprint density at radius 1 is 1.41 bits per heavy atom. The third-order valence-corrected chi connectivity index (χ3v) is 4.15. The van der Waals surface area contributed by atoms with Gasteiger partial charge in [-0.1, -0.05) is 17.8 Å². The molecule has 0 fully saturated rings. The van der Waals surface area contributed by atoms with E-state index in [0.29, 0.717) is 4.91 Å². The van der Waals surface area contributed by atoms with Crippen LogP contribution in [0.25, 0.3) is 11.2 Å². The maximum atomic E-state index is 11.2. The van der Waals surface area contributed by atoms with Crippen LogP contribution in [-0.2, 0) is 4.79 Å². The number of hydrogen-bond acceptors (Lipinski definition) is 3. The van der Waals surface area contributed by atoms with Crippen LogP contribution >= 0.6 is 11.8 Å². The number of carboxylic acids is 1. The van der Waals surface area contributed by atoms with E-state index in [4.69, 9.17) is 0 Å². The average Bonchev–Trinajstić information content (AvgIpc) is 2.72. The van der Waals surface area contributed by atoms with Crippen LogP contribution in [0, 0.1) is 6.92 Å². The van der Waals surface area contributed by atoms with Gasteiger partial charge in [-0.05, 0) is 31.1 Å². The van der Waals surface area contributed by atoms with E-state index in [1.807, 2.05) is 30.4 Å². The fourth-order valence-corrected chi connectivity index (χ4v) is 3.01. The van der Waals surface area contributed by atoms with E-state index in [1.165, 1.54) is 11.8 Å². The van der Waals surface area contributed by atoms with Crippen molar-refractivity contribution in [1.82, 2.24) is 9.38 Å². The summed E-state index contributed by atoms with van der Waals surface area (Å²) < 4.78 is 2.02. The number of aryl methyl sites for hydroxylation is 1. The number of aromatic nitrogens is 2. The molecule has 0 bridgehead atoms. The van der Waals surface area contributed by atoms with Gasteiger partial charge >= 0.3 is 5.97 Å². The molecule has 86 valence electrons. The van der Waals surface area contributed by atoms with Gasteiger partial charge in [0.15, 0.2) is 0 Å². The highest BCUT2D eigenvalue weighted by atomic mass is 32.2. The predicted molar refractivity (Wildman–Crippen MR) is 66.0 cm³/mol. The van der Waals surface area contributed by atoms with Crippen LogP contribution in [0.4, 0.5) is 0 Å². The number of thioether (sulfide) groups is 1. The molecule has 0 unspecified atom stereocenters. The van der Waals surface area contributed by atoms with Crippen molar-refractivity contribution >= 4 is 29.0 Å². The summed E-state index contributed by atoms with van der Waals surface area (Å²) in [6.07, 6.45) is 1.74. The normalized spacial score (nSPS) is 14.5. The van der Waals surface area contributed by atoms with Crippen LogP contribution in [0.1, 0.15) is 18.2 Å². The lowest BCUT2D eigenvalue weighted by molar-refractivity contribution is -0.131. The van der Waals surface area contributed by atoms with Gasteiger partial charge < -0.3 is 5.11 Å². The Hall–Kier alpha value is -1.75. The Balaban J connectivity index is 2.40. The molecule has 0 amide bonds. The second-order valence-corrected chi connectivity index (χ2v) is 5.05. The molecule has 0 saturated carbocycles. The molecule has 17 heavy (non-hydrogen) atoms. The van der Waals surface area contributed by atoms with Crippen LogP contribution < -0.4 is 0 Å². The van der Waals surface area contributed by atoms with E-state index in [9.17, 15) is 9.90 Å². The van der Waals surface area contributed by atoms with Crippen molar-refractivity contribution in [2.24, 2.45) is 0 Å². The number of hydrogen-bond donors (Lipinski definition) is 1. The van der Waals surface area contributed by atoms with Crippen LogP contribution in [0.2, 0.25) is 0 Å². The van der Waals surface area contributed by atoms with Gasteiger partial charge in [0.2, 0.25) is 0 Å². The number of rotatable bonds is 1. The zero-order valence-corrected chi connectivity index (χ0v) is 10.2. The first kappa shape index (κ1) is 10.4. The fourth-order valence-electron chi connectivity index (χ4n) is 2.04. The van der Waals surface area contributed by atoms with Crippen LogP contribution in [0.3, 0.4) is 0 Å². The molecule has 0 atom stereocenters. The smallest absolute Gasteiger partial charge is 0.342 e. The van der Waals surface area contributed by atoms with Gasteiger partial charge in [-0.15, -0.1) is 0 Å². The third kappa shape index (κ3) is 1.32. The summed E-state index contributed by atoms with van der Waals surface area (Å²) in [4.78, 5) is 15.9. The maximum absolute atomic E-state index is 11.2. The van der Waals surface area contributed by atoms with E-state index in [1.54, 1.807) is 6.20 Å². The summed E-state index contributed by atoms with van der Waals surface area (Å²) in [5, 5.41) is 10.1. The van der Waals surface area contributed by atoms with Crippen LogP contribution in [0.5, 0.6) is 0 Å². The van der Waals surface area contributed by atoms with Gasteiger partial charge in [0, 0.05) is 0 Å². The number of allylic oxidation sites excluding steroid dienone is 1. The van der Waals surface area contributed by atoms with E-state index in [-0.39, 0.29) is 0 Å². The molecule has 2 aromatic rings. The number of aliphatic carboxylic acids is 1. The number of carbonyl (C=O) groups is 1. The molecule has 4 nitrogen and oxygen atoms in total. The SMILES string of the molecule is CC1=C(C(=O)O)Sc2ccc(C)c3ncc1n23. The minimum atomic E-state index is -0.881.